The number of alkyl halides is 3. The van der Waals surface area contributed by atoms with Crippen LogP contribution in [0.5, 0.6) is 0 Å². The quantitative estimate of drug-likeness (QED) is 0.731. The van der Waals surface area contributed by atoms with Gasteiger partial charge in [-0.1, -0.05) is 6.58 Å². The van der Waals surface area contributed by atoms with Crippen LogP contribution in [0.2, 0.25) is 0 Å². The van der Waals surface area contributed by atoms with E-state index in [-0.39, 0.29) is 11.4 Å². The maximum Gasteiger partial charge on any atom is 0.451 e. The Morgan fingerprint density at radius 2 is 2.08 bits per heavy atom. The van der Waals surface area contributed by atoms with Gasteiger partial charge in [-0.2, -0.15) is 13.2 Å². The van der Waals surface area contributed by atoms with Crippen LogP contribution in [0.15, 0.2) is 12.8 Å². The van der Waals surface area contributed by atoms with Crippen LogP contribution < -0.4 is 5.73 Å². The van der Waals surface area contributed by atoms with Gasteiger partial charge in [0, 0.05) is 0 Å². The van der Waals surface area contributed by atoms with Gasteiger partial charge in [0.05, 0.1) is 17.6 Å². The Balaban J connectivity index is 3.21. The average molecular weight is 189 g/mol. The van der Waals surface area contributed by atoms with E-state index < -0.39 is 12.0 Å². The Morgan fingerprint density at radius 1 is 1.46 bits per heavy atom. The molecule has 0 aromatic carbocycles. The Hall–Kier alpha value is -1.59. The lowest BCUT2D eigenvalue weighted by Gasteiger charge is -2.05. The molecule has 0 unspecified atom stereocenters. The second-order valence-corrected chi connectivity index (χ2v) is 2.24. The summed E-state index contributed by atoms with van der Waals surface area (Å²) in [6.07, 6.45) is -2.50. The van der Waals surface area contributed by atoms with Gasteiger partial charge in [-0.15, -0.1) is 0 Å². The molecule has 0 fully saturated rings. The van der Waals surface area contributed by atoms with Crippen molar-refractivity contribution in [2.24, 2.45) is 0 Å². The number of hydrogen-bond acceptors (Lipinski definition) is 3. The minimum Gasteiger partial charge on any atom is -0.396 e. The molecule has 0 saturated heterocycles. The van der Waals surface area contributed by atoms with Crippen LogP contribution in [-0.2, 0) is 6.18 Å². The molecule has 0 bridgehead atoms. The van der Waals surface area contributed by atoms with Crippen molar-refractivity contribution >= 4 is 11.8 Å². The van der Waals surface area contributed by atoms with Crippen molar-refractivity contribution in [2.45, 2.75) is 6.18 Å². The number of nitrogen functional groups attached to an aromatic ring is 1. The molecule has 0 amide bonds. The number of hydrogen-bond donors (Lipinski definition) is 1. The van der Waals surface area contributed by atoms with E-state index >= 15 is 0 Å². The Kier molecular flexibility index (Phi) is 2.22. The zero-order valence-corrected chi connectivity index (χ0v) is 6.47. The Labute approximate surface area is 72.1 Å². The summed E-state index contributed by atoms with van der Waals surface area (Å²) < 4.78 is 36.1. The maximum absolute atomic E-state index is 12.0. The van der Waals surface area contributed by atoms with Gasteiger partial charge >= 0.3 is 6.18 Å². The van der Waals surface area contributed by atoms with Crippen LogP contribution in [0.3, 0.4) is 0 Å². The second kappa shape index (κ2) is 3.04. The van der Waals surface area contributed by atoms with E-state index in [1.807, 2.05) is 0 Å². The predicted octanol–water partition coefficient (Wildman–Crippen LogP) is 1.72. The van der Waals surface area contributed by atoms with Crippen LogP contribution in [0.4, 0.5) is 18.9 Å². The normalized spacial score (nSPS) is 11.3. The highest BCUT2D eigenvalue weighted by molar-refractivity contribution is 5.58. The van der Waals surface area contributed by atoms with Crippen LogP contribution in [0.25, 0.3) is 6.08 Å². The molecule has 70 valence electrons. The lowest BCUT2D eigenvalue weighted by Crippen LogP contribution is -2.12. The van der Waals surface area contributed by atoms with Gasteiger partial charge in [-0.25, -0.2) is 9.97 Å². The third-order valence-corrected chi connectivity index (χ3v) is 1.29. The molecule has 0 radical (unpaired) electrons. The first-order valence-electron chi connectivity index (χ1n) is 3.27. The van der Waals surface area contributed by atoms with E-state index in [0.717, 1.165) is 12.3 Å². The van der Waals surface area contributed by atoms with Gasteiger partial charge in [0.2, 0.25) is 5.82 Å². The average Bonchev–Trinajstić information content (AvgIpc) is 2.03. The molecule has 0 atom stereocenters. The van der Waals surface area contributed by atoms with E-state index in [4.69, 9.17) is 5.73 Å². The number of anilines is 1. The topological polar surface area (TPSA) is 51.8 Å². The first kappa shape index (κ1) is 9.50. The third-order valence-electron chi connectivity index (χ3n) is 1.29. The summed E-state index contributed by atoms with van der Waals surface area (Å²) in [5.74, 6) is -1.21. The van der Waals surface area contributed by atoms with Crippen molar-refractivity contribution in [1.82, 2.24) is 9.97 Å². The molecular formula is C7H6F3N3. The summed E-state index contributed by atoms with van der Waals surface area (Å²) in [4.78, 5) is 6.23. The highest BCUT2D eigenvalue weighted by Crippen LogP contribution is 2.26. The summed E-state index contributed by atoms with van der Waals surface area (Å²) in [5, 5.41) is 0. The zero-order valence-electron chi connectivity index (χ0n) is 6.47. The summed E-state index contributed by atoms with van der Waals surface area (Å²) in [6.45, 7) is 3.28. The van der Waals surface area contributed by atoms with E-state index in [2.05, 4.69) is 16.5 Å². The maximum atomic E-state index is 12.0. The van der Waals surface area contributed by atoms with Gasteiger partial charge in [-0.3, -0.25) is 0 Å². The molecular weight excluding hydrogens is 183 g/mol. The molecule has 2 N–H and O–H groups in total. The van der Waals surface area contributed by atoms with Crippen molar-refractivity contribution in [3.8, 4) is 0 Å². The largest absolute Gasteiger partial charge is 0.451 e. The number of rotatable bonds is 1. The first-order valence-corrected chi connectivity index (χ1v) is 3.27. The molecule has 1 heterocycles. The summed E-state index contributed by atoms with van der Waals surface area (Å²) >= 11 is 0. The summed E-state index contributed by atoms with van der Waals surface area (Å²) in [5.41, 5.74) is 5.34. The molecule has 3 nitrogen and oxygen atoms in total. The first-order chi connectivity index (χ1) is 5.95. The zero-order chi connectivity index (χ0) is 10.1. The highest BCUT2D eigenvalue weighted by atomic mass is 19.4. The van der Waals surface area contributed by atoms with Gasteiger partial charge in [0.15, 0.2) is 0 Å². The molecule has 6 heteroatoms. The minimum absolute atomic E-state index is 0.0117. The molecule has 0 spiro atoms. The van der Waals surface area contributed by atoms with Crippen LogP contribution in [0, 0.1) is 0 Å². The molecule has 13 heavy (non-hydrogen) atoms. The van der Waals surface area contributed by atoms with Crippen LogP contribution in [0.1, 0.15) is 11.5 Å². The molecule has 1 aromatic heterocycles. The standard InChI is InChI=1S/C7H6F3N3/c1-2-5-4(11)3-12-6(13-5)7(8,9)10/h2-3H,1,11H2. The predicted molar refractivity (Wildman–Crippen MR) is 41.5 cm³/mol. The van der Waals surface area contributed by atoms with Crippen molar-refractivity contribution < 1.29 is 13.2 Å². The van der Waals surface area contributed by atoms with Crippen LogP contribution in [-0.4, -0.2) is 9.97 Å². The molecule has 1 aromatic rings. The van der Waals surface area contributed by atoms with Gasteiger partial charge in [0.25, 0.3) is 0 Å². The fourth-order valence-electron chi connectivity index (χ4n) is 0.704. The van der Waals surface area contributed by atoms with Crippen molar-refractivity contribution in [3.05, 3.63) is 24.3 Å². The fourth-order valence-corrected chi connectivity index (χ4v) is 0.704. The number of nitrogens with two attached hydrogens (primary N) is 1. The van der Waals surface area contributed by atoms with Crippen molar-refractivity contribution in [3.63, 3.8) is 0 Å². The Morgan fingerprint density at radius 3 is 2.54 bits per heavy atom. The van der Waals surface area contributed by atoms with E-state index in [1.54, 1.807) is 0 Å². The number of aromatic nitrogens is 2. The highest BCUT2D eigenvalue weighted by Gasteiger charge is 2.34. The molecule has 0 saturated carbocycles. The minimum atomic E-state index is -4.55. The molecule has 0 aliphatic heterocycles. The van der Waals surface area contributed by atoms with Gasteiger partial charge in [0.1, 0.15) is 0 Å². The van der Waals surface area contributed by atoms with E-state index in [9.17, 15) is 13.2 Å². The van der Waals surface area contributed by atoms with Crippen molar-refractivity contribution in [2.75, 3.05) is 5.73 Å². The fraction of sp³-hybridized carbons (Fsp3) is 0.143. The van der Waals surface area contributed by atoms with Crippen LogP contribution >= 0.6 is 0 Å². The molecule has 0 aliphatic rings. The van der Waals surface area contributed by atoms with Crippen molar-refractivity contribution in [1.29, 1.82) is 0 Å². The lowest BCUT2D eigenvalue weighted by atomic mass is 10.3. The third kappa shape index (κ3) is 1.95. The van der Waals surface area contributed by atoms with E-state index in [0.29, 0.717) is 0 Å². The SMILES string of the molecule is C=Cc1nc(C(F)(F)F)ncc1N. The smallest absolute Gasteiger partial charge is 0.396 e. The second-order valence-electron chi connectivity index (χ2n) is 2.24. The lowest BCUT2D eigenvalue weighted by molar-refractivity contribution is -0.145. The Bertz CT molecular complexity index is 332. The number of nitrogens with zero attached hydrogens (tertiary/aromatic N) is 2. The molecule has 1 rings (SSSR count). The van der Waals surface area contributed by atoms with Gasteiger partial charge in [-0.05, 0) is 6.08 Å². The van der Waals surface area contributed by atoms with E-state index in [1.165, 1.54) is 0 Å². The molecule has 0 aliphatic carbocycles. The number of halogens is 3. The van der Waals surface area contributed by atoms with Gasteiger partial charge < -0.3 is 5.73 Å². The summed E-state index contributed by atoms with van der Waals surface area (Å²) in [6, 6.07) is 0. The summed E-state index contributed by atoms with van der Waals surface area (Å²) in [7, 11) is 0. The monoisotopic (exact) mass is 189 g/mol.